The van der Waals surface area contributed by atoms with Crippen LogP contribution in [0.5, 0.6) is 0 Å². The van der Waals surface area contributed by atoms with Crippen molar-refractivity contribution in [3.05, 3.63) is 198 Å². The van der Waals surface area contributed by atoms with Crippen LogP contribution in [0.15, 0.2) is 180 Å². The van der Waals surface area contributed by atoms with E-state index in [-0.39, 0.29) is 10.8 Å². The molecule has 0 saturated heterocycles. The molecule has 0 N–H and O–H groups in total. The Morgan fingerprint density at radius 3 is 1.52 bits per heavy atom. The van der Waals surface area contributed by atoms with Gasteiger partial charge < -0.3 is 9.32 Å². The first-order chi connectivity index (χ1) is 26.3. The van der Waals surface area contributed by atoms with Gasteiger partial charge >= 0.3 is 0 Å². The lowest BCUT2D eigenvalue weighted by Gasteiger charge is -2.43. The van der Waals surface area contributed by atoms with Crippen LogP contribution < -0.4 is 4.90 Å². The van der Waals surface area contributed by atoms with Crippen LogP contribution in [0.4, 0.5) is 17.1 Å². The summed E-state index contributed by atoms with van der Waals surface area (Å²) in [6, 6.07) is 63.7. The van der Waals surface area contributed by atoms with Gasteiger partial charge in [0.05, 0.1) is 17.1 Å². The summed E-state index contributed by atoms with van der Waals surface area (Å²) in [6.07, 6.45) is 0. The predicted octanol–water partition coefficient (Wildman–Crippen LogP) is 14.4. The molecule has 0 unspecified atom stereocenters. The molecule has 0 spiro atoms. The SMILES string of the molecule is CC1(C)c2ccccc2N(c2cccc3c2-c2c(-c4ccccc4)oc(-c4ccc(-c5ccccc5)cc4)c2C3(C)C)c2ccc(-c3ccccc3)cc21. The van der Waals surface area contributed by atoms with Gasteiger partial charge in [-0.3, -0.25) is 0 Å². The van der Waals surface area contributed by atoms with Crippen LogP contribution in [-0.2, 0) is 10.8 Å². The Kier molecular flexibility index (Phi) is 7.22. The lowest BCUT2D eigenvalue weighted by Crippen LogP contribution is -2.31. The Morgan fingerprint density at radius 1 is 0.352 bits per heavy atom. The number of para-hydroxylation sites is 1. The zero-order valence-corrected chi connectivity index (χ0v) is 31.1. The van der Waals surface area contributed by atoms with Gasteiger partial charge in [0.1, 0.15) is 11.5 Å². The third-order valence-corrected chi connectivity index (χ3v) is 11.9. The zero-order chi connectivity index (χ0) is 36.6. The number of furan rings is 1. The van der Waals surface area contributed by atoms with E-state index >= 15 is 0 Å². The average Bonchev–Trinajstić information content (AvgIpc) is 3.73. The molecular weight excluding hydrogens is 655 g/mol. The lowest BCUT2D eigenvalue weighted by atomic mass is 9.72. The van der Waals surface area contributed by atoms with Crippen LogP contribution in [0.25, 0.3) is 56.0 Å². The third-order valence-electron chi connectivity index (χ3n) is 11.9. The van der Waals surface area contributed by atoms with Crippen LogP contribution in [0, 0.1) is 0 Å². The van der Waals surface area contributed by atoms with E-state index in [1.165, 1.54) is 72.7 Å². The molecule has 1 aliphatic heterocycles. The van der Waals surface area contributed by atoms with E-state index in [1.54, 1.807) is 0 Å². The summed E-state index contributed by atoms with van der Waals surface area (Å²) < 4.78 is 7.16. The molecule has 7 aromatic carbocycles. The van der Waals surface area contributed by atoms with Crippen molar-refractivity contribution in [1.29, 1.82) is 0 Å². The van der Waals surface area contributed by atoms with Crippen molar-refractivity contribution in [3.8, 4) is 56.0 Å². The molecule has 0 atom stereocenters. The Balaban J connectivity index is 1.22. The maximum atomic E-state index is 7.16. The summed E-state index contributed by atoms with van der Waals surface area (Å²) in [5, 5.41) is 0. The maximum absolute atomic E-state index is 7.16. The van der Waals surface area contributed by atoms with Crippen LogP contribution in [0.3, 0.4) is 0 Å². The summed E-state index contributed by atoms with van der Waals surface area (Å²) in [6.45, 7) is 9.46. The molecule has 1 aromatic heterocycles. The molecule has 260 valence electrons. The van der Waals surface area contributed by atoms with Gasteiger partial charge in [-0.25, -0.2) is 0 Å². The summed E-state index contributed by atoms with van der Waals surface area (Å²) in [5.41, 5.74) is 17.7. The van der Waals surface area contributed by atoms with Crippen molar-refractivity contribution in [2.75, 3.05) is 4.90 Å². The molecule has 2 nitrogen and oxygen atoms in total. The Morgan fingerprint density at radius 2 is 0.833 bits per heavy atom. The fourth-order valence-electron chi connectivity index (χ4n) is 9.12. The van der Waals surface area contributed by atoms with Gasteiger partial charge in [-0.15, -0.1) is 0 Å². The van der Waals surface area contributed by atoms with E-state index in [0.717, 1.165) is 22.6 Å². The van der Waals surface area contributed by atoms with Gasteiger partial charge in [-0.2, -0.15) is 0 Å². The van der Waals surface area contributed by atoms with Crippen LogP contribution in [0.2, 0.25) is 0 Å². The highest BCUT2D eigenvalue weighted by Gasteiger charge is 2.46. The molecule has 10 rings (SSSR count). The van der Waals surface area contributed by atoms with Crippen LogP contribution in [0.1, 0.15) is 49.9 Å². The van der Waals surface area contributed by atoms with Gasteiger partial charge in [0.2, 0.25) is 0 Å². The van der Waals surface area contributed by atoms with Crippen molar-refractivity contribution in [1.82, 2.24) is 0 Å². The lowest BCUT2D eigenvalue weighted by molar-refractivity contribution is 0.575. The monoisotopic (exact) mass is 695 g/mol. The van der Waals surface area contributed by atoms with Gasteiger partial charge in [0.25, 0.3) is 0 Å². The van der Waals surface area contributed by atoms with Crippen LogP contribution in [-0.4, -0.2) is 0 Å². The molecule has 2 heterocycles. The Labute approximate surface area is 318 Å². The first-order valence-corrected chi connectivity index (χ1v) is 18.9. The highest BCUT2D eigenvalue weighted by molar-refractivity contribution is 6.03. The minimum atomic E-state index is -0.320. The topological polar surface area (TPSA) is 16.4 Å². The second-order valence-corrected chi connectivity index (χ2v) is 15.7. The number of rotatable bonds is 5. The van der Waals surface area contributed by atoms with E-state index in [0.29, 0.717) is 0 Å². The fraction of sp³-hybridized carbons (Fsp3) is 0.115. The number of nitrogens with zero attached hydrogens (tertiary/aromatic N) is 1. The Hall–Kier alpha value is -6.38. The number of fused-ring (bicyclic) bond motifs is 5. The normalized spacial score (nSPS) is 14.6. The first-order valence-electron chi connectivity index (χ1n) is 18.9. The molecule has 0 saturated carbocycles. The van der Waals surface area contributed by atoms with Gasteiger partial charge in [-0.1, -0.05) is 179 Å². The number of benzene rings is 7. The van der Waals surface area contributed by atoms with Gasteiger partial charge in [0.15, 0.2) is 0 Å². The molecule has 2 heteroatoms. The third kappa shape index (κ3) is 4.80. The average molecular weight is 696 g/mol. The molecule has 1 aliphatic carbocycles. The minimum Gasteiger partial charge on any atom is -0.455 e. The smallest absolute Gasteiger partial charge is 0.143 e. The quantitative estimate of drug-likeness (QED) is 0.178. The van der Waals surface area contributed by atoms with E-state index in [2.05, 4.69) is 209 Å². The summed E-state index contributed by atoms with van der Waals surface area (Å²) in [7, 11) is 0. The molecule has 0 radical (unpaired) electrons. The zero-order valence-electron chi connectivity index (χ0n) is 31.1. The number of anilines is 3. The standard InChI is InChI=1S/C52H41NO/c1-51(2)40-23-14-15-25-43(40)53(44-32-31-39(33-42(44)51)35-19-10-6-11-20-35)45-26-16-24-41-46(45)47-48(52(41,3)4)50(54-49(47)37-21-12-7-13-22-37)38-29-27-36(28-30-38)34-17-8-5-9-18-34/h5-33H,1-4H3. The van der Waals surface area contributed by atoms with Gasteiger partial charge in [0, 0.05) is 38.6 Å². The fourth-order valence-corrected chi connectivity index (χ4v) is 9.12. The predicted molar refractivity (Wildman–Crippen MR) is 225 cm³/mol. The van der Waals surface area contributed by atoms with E-state index in [1.807, 2.05) is 0 Å². The highest BCUT2D eigenvalue weighted by Crippen LogP contribution is 2.62. The highest BCUT2D eigenvalue weighted by atomic mass is 16.3. The maximum Gasteiger partial charge on any atom is 0.143 e. The largest absolute Gasteiger partial charge is 0.455 e. The molecule has 54 heavy (non-hydrogen) atoms. The summed E-state index contributed by atoms with van der Waals surface area (Å²) in [5.74, 6) is 1.85. The second-order valence-electron chi connectivity index (χ2n) is 15.7. The number of hydrogen-bond donors (Lipinski definition) is 0. The summed E-state index contributed by atoms with van der Waals surface area (Å²) in [4.78, 5) is 2.52. The van der Waals surface area contributed by atoms with Crippen molar-refractivity contribution in [2.45, 2.75) is 38.5 Å². The molecule has 0 bridgehead atoms. The van der Waals surface area contributed by atoms with Crippen molar-refractivity contribution >= 4 is 17.1 Å². The summed E-state index contributed by atoms with van der Waals surface area (Å²) >= 11 is 0. The van der Waals surface area contributed by atoms with Crippen molar-refractivity contribution in [2.24, 2.45) is 0 Å². The molecule has 2 aliphatic rings. The van der Waals surface area contributed by atoms with Crippen molar-refractivity contribution < 1.29 is 4.42 Å². The van der Waals surface area contributed by atoms with E-state index in [4.69, 9.17) is 4.42 Å². The van der Waals surface area contributed by atoms with E-state index < -0.39 is 0 Å². The molecule has 8 aromatic rings. The minimum absolute atomic E-state index is 0.209. The molecular formula is C52H41NO. The number of hydrogen-bond acceptors (Lipinski definition) is 2. The van der Waals surface area contributed by atoms with Crippen molar-refractivity contribution in [3.63, 3.8) is 0 Å². The Bertz CT molecular complexity index is 2680. The van der Waals surface area contributed by atoms with E-state index in [9.17, 15) is 0 Å². The molecule has 0 amide bonds. The van der Waals surface area contributed by atoms with Gasteiger partial charge in [-0.05, 0) is 63.2 Å². The van der Waals surface area contributed by atoms with Crippen LogP contribution >= 0.6 is 0 Å². The first kappa shape index (κ1) is 32.3. The second kappa shape index (κ2) is 12.1. The molecule has 0 fully saturated rings.